The fraction of sp³-hybridized carbons (Fsp3) is 0.533. The van der Waals surface area contributed by atoms with Crippen LogP contribution in [-0.2, 0) is 10.0 Å². The fourth-order valence-corrected chi connectivity index (χ4v) is 4.24. The van der Waals surface area contributed by atoms with Crippen molar-refractivity contribution in [2.24, 2.45) is 5.92 Å². The molecule has 1 aromatic rings. The average Bonchev–Trinajstić information content (AvgIpc) is 2.78. The van der Waals surface area contributed by atoms with Gasteiger partial charge in [0.1, 0.15) is 5.82 Å². The molecule has 3 aliphatic heterocycles. The number of piperidine rings is 1. The van der Waals surface area contributed by atoms with Crippen molar-refractivity contribution in [1.82, 2.24) is 9.21 Å². The number of hydrogen-bond acceptors (Lipinski definition) is 3. The van der Waals surface area contributed by atoms with Gasteiger partial charge in [0.05, 0.1) is 6.26 Å². The Bertz CT molecular complexity index is 710. The molecule has 1 aromatic carbocycles. The third-order valence-electron chi connectivity index (χ3n) is 4.49. The van der Waals surface area contributed by atoms with Crippen LogP contribution in [0.15, 0.2) is 24.3 Å². The van der Waals surface area contributed by atoms with Gasteiger partial charge in [-0.15, -0.1) is 0 Å². The largest absolute Gasteiger partial charge is 0.322 e. The van der Waals surface area contributed by atoms with Crippen LogP contribution in [0.4, 0.5) is 14.9 Å². The van der Waals surface area contributed by atoms with Crippen LogP contribution in [0.1, 0.15) is 12.8 Å². The van der Waals surface area contributed by atoms with Crippen molar-refractivity contribution in [2.45, 2.75) is 18.9 Å². The highest BCUT2D eigenvalue weighted by Gasteiger charge is 2.39. The number of fused-ring (bicyclic) bond motifs is 4. The molecule has 0 spiro atoms. The number of nitrogens with zero attached hydrogens (tertiary/aromatic N) is 2. The van der Waals surface area contributed by atoms with E-state index < -0.39 is 15.8 Å². The van der Waals surface area contributed by atoms with Crippen molar-refractivity contribution in [1.29, 1.82) is 0 Å². The van der Waals surface area contributed by atoms with Gasteiger partial charge in [-0.1, -0.05) is 6.07 Å². The molecule has 6 nitrogen and oxygen atoms in total. The van der Waals surface area contributed by atoms with Crippen molar-refractivity contribution in [2.75, 3.05) is 31.2 Å². The van der Waals surface area contributed by atoms with E-state index in [1.165, 1.54) is 28.8 Å². The van der Waals surface area contributed by atoms with E-state index in [1.54, 1.807) is 11.0 Å². The Morgan fingerprint density at radius 2 is 2.04 bits per heavy atom. The summed E-state index contributed by atoms with van der Waals surface area (Å²) in [6, 6.07) is 5.28. The van der Waals surface area contributed by atoms with Gasteiger partial charge in [-0.05, 0) is 37.0 Å². The molecule has 0 saturated carbocycles. The molecule has 2 atom stereocenters. The summed E-state index contributed by atoms with van der Waals surface area (Å²) in [5.41, 5.74) is 0.398. The Hall–Kier alpha value is -1.67. The minimum atomic E-state index is -3.26. The van der Waals surface area contributed by atoms with Crippen LogP contribution in [0.25, 0.3) is 0 Å². The first-order valence-corrected chi connectivity index (χ1v) is 9.46. The zero-order valence-corrected chi connectivity index (χ0v) is 13.7. The fourth-order valence-electron chi connectivity index (χ4n) is 3.32. The maximum Gasteiger partial charge on any atom is 0.322 e. The second kappa shape index (κ2) is 6.09. The second-order valence-corrected chi connectivity index (χ2v) is 8.25. The first-order chi connectivity index (χ1) is 10.8. The SMILES string of the molecule is CS(=O)(=O)N1CC2CCC(C1)N(C(=O)Nc1cccc(F)c1)C2. The van der Waals surface area contributed by atoms with Gasteiger partial charge >= 0.3 is 6.03 Å². The molecule has 23 heavy (non-hydrogen) atoms. The molecule has 3 aliphatic rings. The molecule has 8 heteroatoms. The molecule has 0 radical (unpaired) electrons. The Labute approximate surface area is 135 Å². The monoisotopic (exact) mass is 341 g/mol. The molecule has 4 rings (SSSR count). The van der Waals surface area contributed by atoms with Crippen LogP contribution < -0.4 is 5.32 Å². The van der Waals surface area contributed by atoms with Crippen molar-refractivity contribution in [3.63, 3.8) is 0 Å². The summed E-state index contributed by atoms with van der Waals surface area (Å²) in [6.45, 7) is 1.31. The van der Waals surface area contributed by atoms with E-state index in [1.807, 2.05) is 0 Å². The summed E-state index contributed by atoms with van der Waals surface area (Å²) in [7, 11) is -3.26. The van der Waals surface area contributed by atoms with E-state index in [4.69, 9.17) is 0 Å². The molecule has 2 bridgehead atoms. The zero-order valence-electron chi connectivity index (χ0n) is 12.9. The van der Waals surface area contributed by atoms with E-state index in [-0.39, 0.29) is 18.0 Å². The lowest BCUT2D eigenvalue weighted by atomic mass is 9.95. The van der Waals surface area contributed by atoms with Crippen molar-refractivity contribution in [3.8, 4) is 0 Å². The predicted octanol–water partition coefficient (Wildman–Crippen LogP) is 1.71. The van der Waals surface area contributed by atoms with Crippen molar-refractivity contribution >= 4 is 21.7 Å². The molecular weight excluding hydrogens is 321 g/mol. The summed E-state index contributed by atoms with van der Waals surface area (Å²) < 4.78 is 38.3. The summed E-state index contributed by atoms with van der Waals surface area (Å²) in [4.78, 5) is 14.2. The molecular formula is C15H20FN3O3S. The maximum absolute atomic E-state index is 13.2. The average molecular weight is 341 g/mol. The Morgan fingerprint density at radius 3 is 2.74 bits per heavy atom. The topological polar surface area (TPSA) is 69.7 Å². The first kappa shape index (κ1) is 16.2. The minimum absolute atomic E-state index is 0.140. The van der Waals surface area contributed by atoms with Gasteiger partial charge in [0, 0.05) is 31.4 Å². The smallest absolute Gasteiger partial charge is 0.320 e. The molecule has 2 amide bonds. The highest BCUT2D eigenvalue weighted by Crippen LogP contribution is 2.29. The summed E-state index contributed by atoms with van der Waals surface area (Å²) >= 11 is 0. The number of rotatable bonds is 2. The molecule has 1 N–H and O–H groups in total. The number of urea groups is 1. The number of carbonyl (C=O) groups excluding carboxylic acids is 1. The van der Waals surface area contributed by atoms with Crippen LogP contribution >= 0.6 is 0 Å². The quantitative estimate of drug-likeness (QED) is 0.890. The van der Waals surface area contributed by atoms with Crippen LogP contribution in [0, 0.1) is 11.7 Å². The van der Waals surface area contributed by atoms with Crippen LogP contribution in [-0.4, -0.2) is 55.6 Å². The number of benzene rings is 1. The minimum Gasteiger partial charge on any atom is -0.320 e. The van der Waals surface area contributed by atoms with Gasteiger partial charge in [-0.2, -0.15) is 4.31 Å². The van der Waals surface area contributed by atoms with Gasteiger partial charge in [0.25, 0.3) is 0 Å². The van der Waals surface area contributed by atoms with E-state index in [0.29, 0.717) is 25.3 Å². The van der Waals surface area contributed by atoms with Crippen molar-refractivity contribution in [3.05, 3.63) is 30.1 Å². The number of anilines is 1. The van der Waals surface area contributed by atoms with E-state index in [0.717, 1.165) is 12.8 Å². The van der Waals surface area contributed by atoms with Gasteiger partial charge < -0.3 is 10.2 Å². The molecule has 126 valence electrons. The van der Waals surface area contributed by atoms with E-state index >= 15 is 0 Å². The molecule has 0 aromatic heterocycles. The number of sulfonamides is 1. The molecule has 3 saturated heterocycles. The van der Waals surface area contributed by atoms with Gasteiger partial charge in [-0.25, -0.2) is 17.6 Å². The second-order valence-electron chi connectivity index (χ2n) is 6.27. The lowest BCUT2D eigenvalue weighted by molar-refractivity contribution is 0.153. The maximum atomic E-state index is 13.2. The lowest BCUT2D eigenvalue weighted by Crippen LogP contribution is -2.49. The number of carbonyl (C=O) groups is 1. The number of amides is 2. The summed E-state index contributed by atoms with van der Waals surface area (Å²) in [5.74, 6) is -0.273. The third kappa shape index (κ3) is 3.64. The van der Waals surface area contributed by atoms with Crippen LogP contribution in [0.3, 0.4) is 0 Å². The highest BCUT2D eigenvalue weighted by molar-refractivity contribution is 7.88. The molecule has 0 aliphatic carbocycles. The zero-order chi connectivity index (χ0) is 16.6. The predicted molar refractivity (Wildman–Crippen MR) is 85.1 cm³/mol. The van der Waals surface area contributed by atoms with Gasteiger partial charge in [0.15, 0.2) is 0 Å². The lowest BCUT2D eigenvalue weighted by Gasteiger charge is -2.36. The Balaban J connectivity index is 1.75. The van der Waals surface area contributed by atoms with Gasteiger partial charge in [-0.3, -0.25) is 0 Å². The standard InChI is InChI=1S/C15H20FN3O3S/c1-23(21,22)18-8-11-5-6-14(10-18)19(9-11)15(20)17-13-4-2-3-12(16)7-13/h2-4,7,11,14H,5-6,8-10H2,1H3,(H,17,20). The highest BCUT2D eigenvalue weighted by atomic mass is 32.2. The van der Waals surface area contributed by atoms with E-state index in [9.17, 15) is 17.6 Å². The van der Waals surface area contributed by atoms with Crippen LogP contribution in [0.2, 0.25) is 0 Å². The number of halogens is 1. The molecule has 3 fully saturated rings. The van der Waals surface area contributed by atoms with Crippen molar-refractivity contribution < 1.29 is 17.6 Å². The Morgan fingerprint density at radius 1 is 1.26 bits per heavy atom. The van der Waals surface area contributed by atoms with Crippen LogP contribution in [0.5, 0.6) is 0 Å². The summed E-state index contributed by atoms with van der Waals surface area (Å²) in [5, 5.41) is 2.70. The molecule has 2 unspecified atom stereocenters. The van der Waals surface area contributed by atoms with E-state index in [2.05, 4.69) is 5.32 Å². The van der Waals surface area contributed by atoms with Gasteiger partial charge in [0.2, 0.25) is 10.0 Å². The first-order valence-electron chi connectivity index (χ1n) is 7.61. The Kier molecular flexibility index (Phi) is 4.29. The normalized spacial score (nSPS) is 25.2. The summed E-state index contributed by atoms with van der Waals surface area (Å²) in [6.07, 6.45) is 2.91. The number of nitrogens with one attached hydrogen (secondary N) is 1. The molecule has 3 heterocycles. The third-order valence-corrected chi connectivity index (χ3v) is 5.72. The number of hydrogen-bond donors (Lipinski definition) is 1.